The molecule has 2 aromatic carbocycles. The Morgan fingerprint density at radius 2 is 1.00 bits per heavy atom. The second-order valence-corrected chi connectivity index (χ2v) is 5.28. The van der Waals surface area contributed by atoms with Crippen LogP contribution in [0.3, 0.4) is 0 Å². The van der Waals surface area contributed by atoms with Gasteiger partial charge in [0.2, 0.25) is 0 Å². The normalized spacial score (nSPS) is 19.0. The largest absolute Gasteiger partial charge is 0.399 e. The molecule has 0 saturated heterocycles. The van der Waals surface area contributed by atoms with Crippen molar-refractivity contribution in [2.45, 2.75) is 18.8 Å². The lowest BCUT2D eigenvalue weighted by molar-refractivity contribution is 0.0555. The van der Waals surface area contributed by atoms with Gasteiger partial charge in [-0.1, -0.05) is 24.3 Å². The van der Waals surface area contributed by atoms with Crippen LogP contribution in [0, 0.1) is 11.8 Å². The van der Waals surface area contributed by atoms with Gasteiger partial charge in [-0.3, -0.25) is 0 Å². The molecule has 3 rings (SSSR count). The third-order valence-electron chi connectivity index (χ3n) is 3.90. The van der Waals surface area contributed by atoms with Gasteiger partial charge in [-0.25, -0.2) is 8.78 Å². The van der Waals surface area contributed by atoms with Gasteiger partial charge in [0.1, 0.15) is 0 Å². The Morgan fingerprint density at radius 1 is 0.667 bits per heavy atom. The summed E-state index contributed by atoms with van der Waals surface area (Å²) in [6.07, 6.45) is 0.716. The quantitative estimate of drug-likeness (QED) is 0.824. The molecule has 0 bridgehead atoms. The van der Waals surface area contributed by atoms with E-state index >= 15 is 0 Å². The molecular formula is C17H16F2N2. The van der Waals surface area contributed by atoms with E-state index in [0.29, 0.717) is 35.3 Å². The number of alkyl halides is 2. The van der Waals surface area contributed by atoms with Gasteiger partial charge >= 0.3 is 0 Å². The van der Waals surface area contributed by atoms with Crippen molar-refractivity contribution in [1.29, 1.82) is 0 Å². The first kappa shape index (κ1) is 13.9. The second-order valence-electron chi connectivity index (χ2n) is 5.28. The first-order valence-electron chi connectivity index (χ1n) is 6.81. The van der Waals surface area contributed by atoms with E-state index < -0.39 is 5.92 Å². The highest BCUT2D eigenvalue weighted by atomic mass is 19.3. The van der Waals surface area contributed by atoms with Crippen molar-refractivity contribution in [3.63, 3.8) is 0 Å². The SMILES string of the molecule is Nc1ccc([C]2CC[C](c3ccc(N)cc3)C2(F)F)cc1. The molecular weight excluding hydrogens is 270 g/mol. The first-order valence-corrected chi connectivity index (χ1v) is 6.81. The van der Waals surface area contributed by atoms with Gasteiger partial charge in [-0.2, -0.15) is 0 Å². The van der Waals surface area contributed by atoms with Crippen LogP contribution in [0.4, 0.5) is 20.2 Å². The average molecular weight is 286 g/mol. The van der Waals surface area contributed by atoms with Gasteiger partial charge < -0.3 is 11.5 Å². The predicted molar refractivity (Wildman–Crippen MR) is 80.6 cm³/mol. The van der Waals surface area contributed by atoms with Crippen LogP contribution in [0.2, 0.25) is 0 Å². The van der Waals surface area contributed by atoms with Crippen LogP contribution in [0.5, 0.6) is 0 Å². The fraction of sp³-hybridized carbons (Fsp3) is 0.176. The number of hydrogen-bond donors (Lipinski definition) is 2. The topological polar surface area (TPSA) is 52.0 Å². The van der Waals surface area contributed by atoms with Crippen molar-refractivity contribution in [3.05, 3.63) is 71.5 Å². The standard InChI is InChI=1S/C17H16F2N2/c18-17(19)15(11-1-5-13(20)6-2-11)9-10-16(17)12-3-7-14(21)8-4-12/h1-8H,9-10,20-21H2. The Balaban J connectivity index is 1.90. The monoisotopic (exact) mass is 286 g/mol. The smallest absolute Gasteiger partial charge is 0.269 e. The van der Waals surface area contributed by atoms with Crippen LogP contribution in [0.15, 0.2) is 48.5 Å². The molecule has 0 atom stereocenters. The molecule has 1 aliphatic carbocycles. The number of halogens is 2. The number of hydrogen-bond acceptors (Lipinski definition) is 2. The van der Waals surface area contributed by atoms with Gasteiger partial charge in [0.05, 0.1) is 11.8 Å². The molecule has 108 valence electrons. The predicted octanol–water partition coefficient (Wildman–Crippen LogP) is 3.83. The molecule has 4 heteroatoms. The second kappa shape index (κ2) is 5.02. The molecule has 4 N–H and O–H groups in total. The maximum atomic E-state index is 14.7. The molecule has 0 unspecified atom stereocenters. The fourth-order valence-electron chi connectivity index (χ4n) is 2.77. The van der Waals surface area contributed by atoms with Crippen LogP contribution in [0.25, 0.3) is 0 Å². The van der Waals surface area contributed by atoms with Crippen molar-refractivity contribution in [1.82, 2.24) is 0 Å². The summed E-state index contributed by atoms with van der Waals surface area (Å²) in [4.78, 5) is 0. The summed E-state index contributed by atoms with van der Waals surface area (Å²) in [5.41, 5.74) is 13.5. The summed E-state index contributed by atoms with van der Waals surface area (Å²) in [6.45, 7) is 0. The number of benzene rings is 2. The summed E-state index contributed by atoms with van der Waals surface area (Å²) < 4.78 is 29.4. The van der Waals surface area contributed by atoms with E-state index in [4.69, 9.17) is 11.5 Å². The fourth-order valence-corrected chi connectivity index (χ4v) is 2.77. The van der Waals surface area contributed by atoms with Crippen LogP contribution < -0.4 is 11.5 Å². The lowest BCUT2D eigenvalue weighted by Crippen LogP contribution is -2.28. The number of nitrogen functional groups attached to an aromatic ring is 2. The van der Waals surface area contributed by atoms with E-state index in [9.17, 15) is 8.78 Å². The van der Waals surface area contributed by atoms with Gasteiger partial charge in [-0.15, -0.1) is 0 Å². The molecule has 0 aliphatic heterocycles. The lowest BCUT2D eigenvalue weighted by atomic mass is 9.89. The zero-order valence-electron chi connectivity index (χ0n) is 11.4. The average Bonchev–Trinajstić information content (AvgIpc) is 2.76. The van der Waals surface area contributed by atoms with E-state index in [0.717, 1.165) is 0 Å². The summed E-state index contributed by atoms with van der Waals surface area (Å²) in [6, 6.07) is 13.2. The summed E-state index contributed by atoms with van der Waals surface area (Å²) in [5, 5.41) is 0. The van der Waals surface area contributed by atoms with Crippen LogP contribution in [0.1, 0.15) is 24.0 Å². The van der Waals surface area contributed by atoms with E-state index in [1.54, 1.807) is 48.5 Å². The Kier molecular flexibility index (Phi) is 3.32. The highest BCUT2D eigenvalue weighted by molar-refractivity contribution is 5.53. The van der Waals surface area contributed by atoms with Crippen molar-refractivity contribution in [2.75, 3.05) is 11.5 Å². The van der Waals surface area contributed by atoms with Crippen molar-refractivity contribution in [2.24, 2.45) is 0 Å². The zero-order valence-corrected chi connectivity index (χ0v) is 11.4. The third kappa shape index (κ3) is 2.46. The van der Waals surface area contributed by atoms with Gasteiger partial charge in [-0.05, 0) is 48.2 Å². The molecule has 1 aliphatic rings. The molecule has 2 radical (unpaired) electrons. The Bertz CT molecular complexity index is 565. The highest BCUT2D eigenvalue weighted by Gasteiger charge is 2.54. The molecule has 21 heavy (non-hydrogen) atoms. The minimum absolute atomic E-state index is 0.161. The van der Waals surface area contributed by atoms with Gasteiger partial charge in [0.25, 0.3) is 5.92 Å². The maximum Gasteiger partial charge on any atom is 0.269 e. The number of nitrogens with two attached hydrogens (primary N) is 2. The Hall–Kier alpha value is -2.10. The van der Waals surface area contributed by atoms with E-state index in [1.165, 1.54) is 0 Å². The number of anilines is 2. The summed E-state index contributed by atoms with van der Waals surface area (Å²) in [7, 11) is 0. The Labute approximate surface area is 122 Å². The van der Waals surface area contributed by atoms with Crippen molar-refractivity contribution in [3.8, 4) is 0 Å². The molecule has 2 aromatic rings. The third-order valence-corrected chi connectivity index (χ3v) is 3.90. The zero-order chi connectivity index (χ0) is 15.0. The van der Waals surface area contributed by atoms with Gasteiger partial charge in [0, 0.05) is 11.4 Å². The minimum Gasteiger partial charge on any atom is -0.399 e. The molecule has 0 aromatic heterocycles. The van der Waals surface area contributed by atoms with E-state index in [-0.39, 0.29) is 11.8 Å². The summed E-state index contributed by atoms with van der Waals surface area (Å²) in [5.74, 6) is -2.60. The van der Waals surface area contributed by atoms with E-state index in [2.05, 4.69) is 0 Å². The van der Waals surface area contributed by atoms with Crippen LogP contribution in [-0.2, 0) is 0 Å². The molecule has 2 nitrogen and oxygen atoms in total. The molecule has 1 fully saturated rings. The molecule has 1 saturated carbocycles. The van der Waals surface area contributed by atoms with E-state index in [1.807, 2.05) is 0 Å². The lowest BCUT2D eigenvalue weighted by Gasteiger charge is -2.24. The summed E-state index contributed by atoms with van der Waals surface area (Å²) >= 11 is 0. The van der Waals surface area contributed by atoms with Gasteiger partial charge in [0.15, 0.2) is 0 Å². The molecule has 0 heterocycles. The maximum absolute atomic E-state index is 14.7. The Morgan fingerprint density at radius 3 is 1.33 bits per heavy atom. The highest BCUT2D eigenvalue weighted by Crippen LogP contribution is 2.53. The van der Waals surface area contributed by atoms with Crippen LogP contribution in [-0.4, -0.2) is 5.92 Å². The minimum atomic E-state index is -2.92. The first-order chi connectivity index (χ1) is 9.98. The van der Waals surface area contributed by atoms with Crippen LogP contribution >= 0.6 is 0 Å². The van der Waals surface area contributed by atoms with Crippen molar-refractivity contribution < 1.29 is 8.78 Å². The number of rotatable bonds is 2. The molecule has 0 spiro atoms. The van der Waals surface area contributed by atoms with Crippen molar-refractivity contribution >= 4 is 11.4 Å². The molecule has 0 amide bonds.